The molecule has 1 atom stereocenters. The molecule has 2 nitrogen and oxygen atoms in total. The van der Waals surface area contributed by atoms with E-state index in [9.17, 15) is 4.21 Å². The topological polar surface area (TPSA) is 29.1 Å². The number of rotatable bonds is 7. The summed E-state index contributed by atoms with van der Waals surface area (Å²) < 4.78 is 11.9. The fourth-order valence-electron chi connectivity index (χ4n) is 1.68. The number of nitrogens with one attached hydrogen (secondary N) is 1. The summed E-state index contributed by atoms with van der Waals surface area (Å²) >= 11 is 0. The summed E-state index contributed by atoms with van der Waals surface area (Å²) in [5, 5.41) is 3.34. The van der Waals surface area contributed by atoms with Crippen molar-refractivity contribution in [2.45, 2.75) is 39.0 Å². The summed E-state index contributed by atoms with van der Waals surface area (Å²) in [5.41, 5.74) is 2.42. The van der Waals surface area contributed by atoms with Crippen LogP contribution in [0.5, 0.6) is 0 Å². The Labute approximate surface area is 107 Å². The summed E-state index contributed by atoms with van der Waals surface area (Å²) in [4.78, 5) is 0. The number of hydrogen-bond donors (Lipinski definition) is 1. The van der Waals surface area contributed by atoms with Crippen molar-refractivity contribution in [3.8, 4) is 0 Å². The Bertz CT molecular complexity index is 363. The minimum Gasteiger partial charge on any atom is -0.315 e. The Morgan fingerprint density at radius 1 is 1.35 bits per heavy atom. The number of benzene rings is 1. The third kappa shape index (κ3) is 6.59. The molecule has 0 amide bonds. The zero-order valence-corrected chi connectivity index (χ0v) is 11.8. The average Bonchev–Trinajstić information content (AvgIpc) is 2.24. The van der Waals surface area contributed by atoms with E-state index in [0.717, 1.165) is 18.7 Å². The molecule has 0 saturated heterocycles. The third-order valence-electron chi connectivity index (χ3n) is 2.51. The van der Waals surface area contributed by atoms with E-state index in [1.807, 2.05) is 6.07 Å². The normalized spacial score (nSPS) is 12.9. The predicted molar refractivity (Wildman–Crippen MR) is 75.6 cm³/mol. The zero-order valence-electron chi connectivity index (χ0n) is 11.0. The molecule has 1 N–H and O–H groups in total. The van der Waals surface area contributed by atoms with Crippen LogP contribution in [0.1, 0.15) is 31.4 Å². The van der Waals surface area contributed by atoms with Gasteiger partial charge < -0.3 is 5.32 Å². The van der Waals surface area contributed by atoms with Crippen molar-refractivity contribution in [1.82, 2.24) is 5.32 Å². The van der Waals surface area contributed by atoms with E-state index in [1.165, 1.54) is 11.1 Å². The van der Waals surface area contributed by atoms with E-state index in [-0.39, 0.29) is 0 Å². The Balaban J connectivity index is 2.25. The van der Waals surface area contributed by atoms with Crippen LogP contribution in [0.15, 0.2) is 24.3 Å². The molecule has 0 bridgehead atoms. The van der Waals surface area contributed by atoms with Crippen LogP contribution in [-0.2, 0) is 16.6 Å². The lowest BCUT2D eigenvalue weighted by molar-refractivity contribution is 0.583. The molecule has 0 radical (unpaired) electrons. The van der Waals surface area contributed by atoms with Gasteiger partial charge in [-0.05, 0) is 25.5 Å². The molecule has 1 rings (SSSR count). The number of hydrogen-bond acceptors (Lipinski definition) is 2. The van der Waals surface area contributed by atoms with Gasteiger partial charge in [0.25, 0.3) is 0 Å². The van der Waals surface area contributed by atoms with Crippen molar-refractivity contribution < 1.29 is 4.21 Å². The van der Waals surface area contributed by atoms with Gasteiger partial charge in [-0.15, -0.1) is 0 Å². The molecule has 17 heavy (non-hydrogen) atoms. The molecule has 1 unspecified atom stereocenters. The van der Waals surface area contributed by atoms with Gasteiger partial charge in [0, 0.05) is 28.3 Å². The highest BCUT2D eigenvalue weighted by atomic mass is 32.2. The molecule has 1 aromatic rings. The molecule has 0 spiro atoms. The van der Waals surface area contributed by atoms with Crippen molar-refractivity contribution >= 4 is 10.8 Å². The molecular formula is C14H23NOS. The molecule has 3 heteroatoms. The van der Waals surface area contributed by atoms with Gasteiger partial charge in [-0.25, -0.2) is 0 Å². The lowest BCUT2D eigenvalue weighted by atomic mass is 10.2. The van der Waals surface area contributed by atoms with Gasteiger partial charge in [0.1, 0.15) is 0 Å². The first-order valence-corrected chi connectivity index (χ1v) is 7.70. The van der Waals surface area contributed by atoms with Gasteiger partial charge in [0.05, 0.1) is 0 Å². The van der Waals surface area contributed by atoms with Gasteiger partial charge in [0.2, 0.25) is 0 Å². The first kappa shape index (κ1) is 14.4. The summed E-state index contributed by atoms with van der Waals surface area (Å²) in [6, 6.07) is 8.78. The summed E-state index contributed by atoms with van der Waals surface area (Å²) in [5.74, 6) is 1.47. The highest BCUT2D eigenvalue weighted by Gasteiger charge is 2.02. The second kappa shape index (κ2) is 7.62. The Morgan fingerprint density at radius 3 is 2.76 bits per heavy atom. The molecular weight excluding hydrogens is 230 g/mol. The standard InChI is InChI=1S/C14H23NOS/c1-12(2)15-8-5-9-17(16)11-14-7-4-6-13(3)10-14/h4,6-7,10,12,15H,5,8-9,11H2,1-3H3. The molecule has 0 aliphatic heterocycles. The van der Waals surface area contributed by atoms with Crippen LogP contribution in [0.4, 0.5) is 0 Å². The first-order valence-electron chi connectivity index (χ1n) is 6.22. The average molecular weight is 253 g/mol. The van der Waals surface area contributed by atoms with E-state index < -0.39 is 10.8 Å². The summed E-state index contributed by atoms with van der Waals surface area (Å²) in [7, 11) is -0.734. The quantitative estimate of drug-likeness (QED) is 0.757. The maximum atomic E-state index is 11.9. The van der Waals surface area contributed by atoms with Crippen LogP contribution < -0.4 is 5.32 Å². The van der Waals surface area contributed by atoms with Crippen molar-refractivity contribution in [3.05, 3.63) is 35.4 Å². The Hall–Kier alpha value is -0.670. The van der Waals surface area contributed by atoms with Crippen LogP contribution in [0.25, 0.3) is 0 Å². The largest absolute Gasteiger partial charge is 0.315 e. The fraction of sp³-hybridized carbons (Fsp3) is 0.571. The van der Waals surface area contributed by atoms with Crippen molar-refractivity contribution in [2.24, 2.45) is 0 Å². The zero-order chi connectivity index (χ0) is 12.7. The van der Waals surface area contributed by atoms with E-state index in [0.29, 0.717) is 11.8 Å². The van der Waals surface area contributed by atoms with Crippen molar-refractivity contribution in [1.29, 1.82) is 0 Å². The first-order chi connectivity index (χ1) is 8.08. The summed E-state index contributed by atoms with van der Waals surface area (Å²) in [6.45, 7) is 7.28. The highest BCUT2D eigenvalue weighted by Crippen LogP contribution is 2.07. The molecule has 0 aromatic heterocycles. The van der Waals surface area contributed by atoms with Crippen LogP contribution in [0.2, 0.25) is 0 Å². The van der Waals surface area contributed by atoms with Gasteiger partial charge in [-0.2, -0.15) is 0 Å². The predicted octanol–water partition coefficient (Wildman–Crippen LogP) is 2.63. The monoisotopic (exact) mass is 253 g/mol. The van der Waals surface area contributed by atoms with Gasteiger partial charge in [0.15, 0.2) is 0 Å². The van der Waals surface area contributed by atoms with Crippen LogP contribution >= 0.6 is 0 Å². The Kier molecular flexibility index (Phi) is 6.45. The number of aryl methyl sites for hydroxylation is 1. The second-order valence-electron chi connectivity index (χ2n) is 4.74. The smallest absolute Gasteiger partial charge is 0.0485 e. The summed E-state index contributed by atoms with van der Waals surface area (Å²) in [6.07, 6.45) is 0.983. The van der Waals surface area contributed by atoms with Crippen LogP contribution in [0, 0.1) is 6.92 Å². The molecule has 0 heterocycles. The third-order valence-corrected chi connectivity index (χ3v) is 3.91. The highest BCUT2D eigenvalue weighted by molar-refractivity contribution is 7.84. The van der Waals surface area contributed by atoms with Crippen molar-refractivity contribution in [2.75, 3.05) is 12.3 Å². The van der Waals surface area contributed by atoms with Gasteiger partial charge in [-0.3, -0.25) is 4.21 Å². The van der Waals surface area contributed by atoms with E-state index in [1.54, 1.807) is 0 Å². The SMILES string of the molecule is Cc1cccc(CS(=O)CCCNC(C)C)c1. The molecule has 96 valence electrons. The Morgan fingerprint density at radius 2 is 2.12 bits per heavy atom. The second-order valence-corrected chi connectivity index (χ2v) is 6.32. The van der Waals surface area contributed by atoms with E-state index in [2.05, 4.69) is 44.3 Å². The van der Waals surface area contributed by atoms with E-state index >= 15 is 0 Å². The fourth-order valence-corrected chi connectivity index (χ4v) is 2.85. The van der Waals surface area contributed by atoms with Crippen LogP contribution in [0.3, 0.4) is 0 Å². The lowest BCUT2D eigenvalue weighted by Gasteiger charge is -2.07. The van der Waals surface area contributed by atoms with Crippen LogP contribution in [-0.4, -0.2) is 22.5 Å². The molecule has 1 aromatic carbocycles. The van der Waals surface area contributed by atoms with Crippen molar-refractivity contribution in [3.63, 3.8) is 0 Å². The maximum Gasteiger partial charge on any atom is 0.0485 e. The van der Waals surface area contributed by atoms with E-state index in [4.69, 9.17) is 0 Å². The maximum absolute atomic E-state index is 11.9. The minimum atomic E-state index is -0.734. The molecule has 0 saturated carbocycles. The lowest BCUT2D eigenvalue weighted by Crippen LogP contribution is -2.24. The molecule has 0 aliphatic rings. The minimum absolute atomic E-state index is 0.514. The molecule has 0 aliphatic carbocycles. The van der Waals surface area contributed by atoms with Gasteiger partial charge >= 0.3 is 0 Å². The van der Waals surface area contributed by atoms with Gasteiger partial charge in [-0.1, -0.05) is 43.7 Å². The molecule has 0 fully saturated rings.